The normalized spacial score (nSPS) is 44.0. The fourth-order valence-electron chi connectivity index (χ4n) is 22.3. The Morgan fingerprint density at radius 1 is 0.568 bits per heavy atom. The molecule has 74 heavy (non-hydrogen) atoms. The standard InChI is InChI=1S/C64H100N2O8/c1-35(13-11-15-54(67)68)48-19-21-50-56-37(3)27-44-31-41(23-25-61(44,7)52(56)29-39(5)63(48,50)9)46-18-17-43(33-65-59(71)72)47(34-66-60(73)74)58(46)42-24-26-62(8)45(32-42)28-38(4)57-51-22-20-49(36(2)14-12-16-55(69)70)64(51,10)40(6)30-53(57)62/h17-18,35-42,44-45,48-53,56-57,65-66H,11-16,19-34H2,1-10H3,(H,67,68)(H,69,70)(H,71,72)(H,73,74)/t35-,36-,37?,38?,39?,40?,41?,42?,44?,45?,48-,49-,50?,51?,52?,53?,56?,57?,61+,62+,63-,64-/m1/s1. The molecule has 1 aromatic rings. The molecule has 0 saturated heterocycles. The summed E-state index contributed by atoms with van der Waals surface area (Å²) < 4.78 is 0. The Morgan fingerprint density at radius 2 is 1.01 bits per heavy atom. The first kappa shape index (κ1) is 55.5. The minimum Gasteiger partial charge on any atom is -0.481 e. The molecule has 0 aliphatic heterocycles. The van der Waals surface area contributed by atoms with Crippen LogP contribution in [0.5, 0.6) is 0 Å². The molecule has 0 bridgehead atoms. The van der Waals surface area contributed by atoms with Crippen LogP contribution in [0.15, 0.2) is 12.1 Å². The summed E-state index contributed by atoms with van der Waals surface area (Å²) in [5.74, 6) is 9.51. The molecular formula is C64H100N2O8. The molecule has 414 valence electrons. The number of amides is 2. The van der Waals surface area contributed by atoms with Gasteiger partial charge in [0, 0.05) is 25.9 Å². The van der Waals surface area contributed by atoms with E-state index in [1.165, 1.54) is 68.9 Å². The van der Waals surface area contributed by atoms with Crippen LogP contribution in [0.4, 0.5) is 9.59 Å². The Bertz CT molecular complexity index is 2250. The molecule has 22 atom stereocenters. The largest absolute Gasteiger partial charge is 0.481 e. The highest BCUT2D eigenvalue weighted by Gasteiger charge is 2.66. The summed E-state index contributed by atoms with van der Waals surface area (Å²) in [5, 5.41) is 44.3. The summed E-state index contributed by atoms with van der Waals surface area (Å²) in [6.45, 7) is 26.1. The van der Waals surface area contributed by atoms with Crippen molar-refractivity contribution in [3.63, 3.8) is 0 Å². The van der Waals surface area contributed by atoms with Gasteiger partial charge in [0.15, 0.2) is 0 Å². The molecule has 8 aliphatic rings. The van der Waals surface area contributed by atoms with Crippen LogP contribution in [0.3, 0.4) is 0 Å². The third-order valence-electron chi connectivity index (χ3n) is 26.0. The van der Waals surface area contributed by atoms with E-state index < -0.39 is 24.1 Å². The summed E-state index contributed by atoms with van der Waals surface area (Å²) in [4.78, 5) is 47.3. The Kier molecular flexibility index (Phi) is 15.9. The SMILES string of the molecule is CC1CC2CC(c3ccc(CNC(=O)O)c(CNC(=O)O)c3C3CC[C@@]4(C)C(C3)CC(C)C3C4CC(C)[C@@]4(C)C3CC[C@@H]4[C@H](C)CCCC(=O)O)CC[C@]2(C)C2CC(C)[C@@]3(C)C(CC[C@@H]3[C@H](C)CCCC(=O)O)C12. The number of fused-ring (bicyclic) bond motifs is 10. The van der Waals surface area contributed by atoms with Gasteiger partial charge in [0.1, 0.15) is 0 Å². The maximum atomic E-state index is 12.4. The second kappa shape index (κ2) is 21.2. The highest BCUT2D eigenvalue weighted by atomic mass is 16.4. The molecule has 0 aromatic heterocycles. The molecule has 1 aromatic carbocycles. The van der Waals surface area contributed by atoms with Crippen LogP contribution in [0.2, 0.25) is 0 Å². The van der Waals surface area contributed by atoms with Crippen molar-refractivity contribution < 1.29 is 39.6 Å². The topological polar surface area (TPSA) is 173 Å². The fourth-order valence-corrected chi connectivity index (χ4v) is 22.3. The second-order valence-electron chi connectivity index (χ2n) is 28.8. The molecule has 10 nitrogen and oxygen atoms in total. The number of hydrogen-bond acceptors (Lipinski definition) is 4. The first-order chi connectivity index (χ1) is 34.9. The zero-order valence-electron chi connectivity index (χ0n) is 47.5. The van der Waals surface area contributed by atoms with E-state index in [0.717, 1.165) is 74.8 Å². The molecule has 0 heterocycles. The van der Waals surface area contributed by atoms with Gasteiger partial charge in [-0.1, -0.05) is 81.4 Å². The number of carboxylic acid groups (broad SMARTS) is 4. The average molecular weight is 1030 g/mol. The van der Waals surface area contributed by atoms with E-state index in [-0.39, 0.29) is 53.5 Å². The molecule has 9 rings (SSSR count). The minimum absolute atomic E-state index is 0.150. The highest BCUT2D eigenvalue weighted by molar-refractivity contribution is 5.67. The van der Waals surface area contributed by atoms with E-state index >= 15 is 0 Å². The van der Waals surface area contributed by atoms with Gasteiger partial charge < -0.3 is 31.1 Å². The van der Waals surface area contributed by atoms with Crippen LogP contribution in [-0.4, -0.2) is 44.6 Å². The molecular weight excluding hydrogens is 925 g/mol. The lowest BCUT2D eigenvalue weighted by Gasteiger charge is -2.65. The zero-order valence-corrected chi connectivity index (χ0v) is 47.5. The van der Waals surface area contributed by atoms with Crippen molar-refractivity contribution >= 4 is 24.1 Å². The van der Waals surface area contributed by atoms with Crippen molar-refractivity contribution in [1.82, 2.24) is 10.6 Å². The lowest BCUT2D eigenvalue weighted by atomic mass is 9.40. The summed E-state index contributed by atoms with van der Waals surface area (Å²) in [5.41, 5.74) is 5.70. The number of hydrogen-bond donors (Lipinski definition) is 6. The second-order valence-corrected chi connectivity index (χ2v) is 28.8. The summed E-state index contributed by atoms with van der Waals surface area (Å²) in [6, 6.07) is 4.49. The molecule has 6 N–H and O–H groups in total. The number of carboxylic acids is 2. The van der Waals surface area contributed by atoms with E-state index in [9.17, 15) is 39.6 Å². The minimum atomic E-state index is -1.07. The van der Waals surface area contributed by atoms with Crippen LogP contribution >= 0.6 is 0 Å². The van der Waals surface area contributed by atoms with Gasteiger partial charge in [0.2, 0.25) is 0 Å². The van der Waals surface area contributed by atoms with Crippen molar-refractivity contribution in [2.75, 3.05) is 0 Å². The number of aliphatic carboxylic acids is 2. The Labute approximate surface area is 445 Å². The van der Waals surface area contributed by atoms with Crippen LogP contribution in [0.1, 0.15) is 232 Å². The summed E-state index contributed by atoms with van der Waals surface area (Å²) in [7, 11) is 0. The molecule has 14 unspecified atom stereocenters. The number of nitrogens with one attached hydrogen (secondary N) is 2. The van der Waals surface area contributed by atoms with Gasteiger partial charge in [-0.3, -0.25) is 9.59 Å². The molecule has 0 radical (unpaired) electrons. The van der Waals surface area contributed by atoms with Crippen molar-refractivity contribution in [1.29, 1.82) is 0 Å². The third kappa shape index (κ3) is 9.54. The maximum absolute atomic E-state index is 12.4. The maximum Gasteiger partial charge on any atom is 0.404 e. The molecule has 2 amide bonds. The van der Waals surface area contributed by atoms with Gasteiger partial charge in [-0.15, -0.1) is 0 Å². The van der Waals surface area contributed by atoms with Gasteiger partial charge in [-0.25, -0.2) is 9.59 Å². The Balaban J connectivity index is 0.987. The predicted molar refractivity (Wildman–Crippen MR) is 292 cm³/mol. The summed E-state index contributed by atoms with van der Waals surface area (Å²) in [6.07, 6.45) is 18.9. The molecule has 0 spiro atoms. The van der Waals surface area contributed by atoms with Crippen LogP contribution in [0.25, 0.3) is 0 Å². The fraction of sp³-hybridized carbons (Fsp3) is 0.844. The van der Waals surface area contributed by atoms with Crippen molar-refractivity contribution in [2.24, 2.45) is 116 Å². The van der Waals surface area contributed by atoms with Gasteiger partial charge in [0.05, 0.1) is 0 Å². The average Bonchev–Trinajstić information content (AvgIpc) is 3.89. The highest BCUT2D eigenvalue weighted by Crippen LogP contribution is 2.74. The van der Waals surface area contributed by atoms with Crippen LogP contribution in [0, 0.1) is 116 Å². The lowest BCUT2D eigenvalue weighted by Crippen LogP contribution is -2.58. The molecule has 8 saturated carbocycles. The van der Waals surface area contributed by atoms with Crippen molar-refractivity contribution in [3.05, 3.63) is 34.4 Å². The van der Waals surface area contributed by atoms with Gasteiger partial charge >= 0.3 is 24.1 Å². The number of carbonyl (C=O) groups is 4. The monoisotopic (exact) mass is 1020 g/mol. The molecule has 8 fully saturated rings. The van der Waals surface area contributed by atoms with Crippen LogP contribution in [-0.2, 0) is 22.7 Å². The lowest BCUT2D eigenvalue weighted by molar-refractivity contribution is -0.161. The first-order valence-electron chi connectivity index (χ1n) is 30.5. The van der Waals surface area contributed by atoms with Gasteiger partial charge in [-0.05, 0) is 266 Å². The van der Waals surface area contributed by atoms with E-state index in [4.69, 9.17) is 0 Å². The Hall–Kier alpha value is -3.30. The van der Waals surface area contributed by atoms with Crippen molar-refractivity contribution in [2.45, 2.75) is 223 Å². The van der Waals surface area contributed by atoms with Gasteiger partial charge in [-0.2, -0.15) is 0 Å². The molecule has 8 aliphatic carbocycles. The third-order valence-corrected chi connectivity index (χ3v) is 26.0. The predicted octanol–water partition coefficient (Wildman–Crippen LogP) is 15.5. The zero-order chi connectivity index (χ0) is 53.4. The van der Waals surface area contributed by atoms with Gasteiger partial charge in [0.25, 0.3) is 0 Å². The van der Waals surface area contributed by atoms with E-state index in [2.05, 4.69) is 92.0 Å². The number of benzene rings is 1. The molecule has 10 heteroatoms. The summed E-state index contributed by atoms with van der Waals surface area (Å²) >= 11 is 0. The van der Waals surface area contributed by atoms with Crippen LogP contribution < -0.4 is 10.6 Å². The Morgan fingerprint density at radius 3 is 1.47 bits per heavy atom. The quantitative estimate of drug-likeness (QED) is 0.0949. The van der Waals surface area contributed by atoms with E-state index in [0.29, 0.717) is 94.7 Å². The van der Waals surface area contributed by atoms with E-state index in [1.54, 1.807) is 0 Å². The first-order valence-corrected chi connectivity index (χ1v) is 30.5. The smallest absolute Gasteiger partial charge is 0.404 e. The van der Waals surface area contributed by atoms with E-state index in [1.807, 2.05) is 0 Å². The number of rotatable bonds is 16. The van der Waals surface area contributed by atoms with Crippen molar-refractivity contribution in [3.8, 4) is 0 Å².